The van der Waals surface area contributed by atoms with Gasteiger partial charge in [-0.25, -0.2) is 18.0 Å². The fourth-order valence-corrected chi connectivity index (χ4v) is 1.01. The maximum absolute atomic E-state index is 13.1. The minimum atomic E-state index is -2.72. The number of carboxylic acid groups (broad SMARTS) is 1. The molecule has 0 heterocycles. The standard InChI is InChI=1S/C9H8F3NO3/c10-5-2-7(16-3-8(11)12)6(13)1-4(5)9(14)15/h1-2,8H,3,13H2,(H,14,15). The molecule has 0 aliphatic heterocycles. The van der Waals surface area contributed by atoms with Crippen molar-refractivity contribution in [1.29, 1.82) is 0 Å². The molecule has 0 aromatic heterocycles. The maximum atomic E-state index is 13.1. The normalized spacial score (nSPS) is 10.5. The number of ether oxygens (including phenoxy) is 1. The number of carboxylic acids is 1. The Balaban J connectivity index is 2.96. The van der Waals surface area contributed by atoms with E-state index >= 15 is 0 Å². The topological polar surface area (TPSA) is 72.6 Å². The molecule has 0 unspecified atom stereocenters. The lowest BCUT2D eigenvalue weighted by Gasteiger charge is -2.09. The van der Waals surface area contributed by atoms with Crippen LogP contribution in [0.15, 0.2) is 12.1 Å². The van der Waals surface area contributed by atoms with E-state index in [1.54, 1.807) is 0 Å². The number of benzene rings is 1. The first kappa shape index (κ1) is 12.2. The Morgan fingerprint density at radius 3 is 2.62 bits per heavy atom. The predicted molar refractivity (Wildman–Crippen MR) is 49.3 cm³/mol. The van der Waals surface area contributed by atoms with Gasteiger partial charge < -0.3 is 15.6 Å². The van der Waals surface area contributed by atoms with E-state index < -0.39 is 30.4 Å². The van der Waals surface area contributed by atoms with Crippen molar-refractivity contribution in [1.82, 2.24) is 0 Å². The Morgan fingerprint density at radius 2 is 2.12 bits per heavy atom. The number of rotatable bonds is 4. The zero-order valence-corrected chi connectivity index (χ0v) is 7.91. The number of halogens is 3. The van der Waals surface area contributed by atoms with Crippen molar-refractivity contribution in [2.24, 2.45) is 0 Å². The predicted octanol–water partition coefficient (Wildman–Crippen LogP) is 1.75. The number of hydrogen-bond donors (Lipinski definition) is 2. The first-order valence-corrected chi connectivity index (χ1v) is 4.15. The van der Waals surface area contributed by atoms with Crippen LogP contribution in [0.25, 0.3) is 0 Å². The van der Waals surface area contributed by atoms with Gasteiger partial charge in [-0.05, 0) is 6.07 Å². The summed E-state index contributed by atoms with van der Waals surface area (Å²) in [6.45, 7) is -0.934. The molecule has 0 saturated heterocycles. The Bertz CT molecular complexity index is 409. The molecule has 0 aliphatic rings. The van der Waals surface area contributed by atoms with E-state index in [-0.39, 0.29) is 11.4 Å². The van der Waals surface area contributed by atoms with Gasteiger partial charge in [0.15, 0.2) is 0 Å². The number of nitrogen functional groups attached to an aromatic ring is 1. The molecule has 1 aromatic carbocycles. The molecule has 1 rings (SSSR count). The summed E-state index contributed by atoms with van der Waals surface area (Å²) in [5.41, 5.74) is 4.47. The largest absolute Gasteiger partial charge is 0.485 e. The van der Waals surface area contributed by atoms with E-state index in [2.05, 4.69) is 4.74 Å². The lowest BCUT2D eigenvalue weighted by molar-refractivity contribution is 0.0690. The molecule has 0 atom stereocenters. The van der Waals surface area contributed by atoms with Crippen LogP contribution in [0.2, 0.25) is 0 Å². The molecule has 0 aliphatic carbocycles. The Hall–Kier alpha value is -1.92. The van der Waals surface area contributed by atoms with Crippen LogP contribution in [-0.2, 0) is 0 Å². The van der Waals surface area contributed by atoms with Crippen molar-refractivity contribution in [3.8, 4) is 5.75 Å². The molecule has 0 spiro atoms. The molecule has 7 heteroatoms. The van der Waals surface area contributed by atoms with Crippen LogP contribution in [0.3, 0.4) is 0 Å². The van der Waals surface area contributed by atoms with Gasteiger partial charge in [-0.2, -0.15) is 0 Å². The number of anilines is 1. The molecule has 0 amide bonds. The third kappa shape index (κ3) is 2.78. The lowest BCUT2D eigenvalue weighted by atomic mass is 10.2. The molecule has 0 bridgehead atoms. The van der Waals surface area contributed by atoms with Gasteiger partial charge in [-0.1, -0.05) is 0 Å². The molecule has 0 fully saturated rings. The SMILES string of the molecule is Nc1cc(C(=O)O)c(F)cc1OCC(F)F. The zero-order valence-electron chi connectivity index (χ0n) is 7.91. The summed E-state index contributed by atoms with van der Waals surface area (Å²) in [5, 5.41) is 8.54. The van der Waals surface area contributed by atoms with E-state index in [9.17, 15) is 18.0 Å². The number of carbonyl (C=O) groups is 1. The summed E-state index contributed by atoms with van der Waals surface area (Å²) in [6.07, 6.45) is -2.72. The highest BCUT2D eigenvalue weighted by molar-refractivity contribution is 5.89. The fraction of sp³-hybridized carbons (Fsp3) is 0.222. The summed E-state index contributed by atoms with van der Waals surface area (Å²) >= 11 is 0. The van der Waals surface area contributed by atoms with E-state index in [0.29, 0.717) is 6.07 Å². The minimum Gasteiger partial charge on any atom is -0.485 e. The van der Waals surface area contributed by atoms with Gasteiger partial charge >= 0.3 is 5.97 Å². The Morgan fingerprint density at radius 1 is 1.50 bits per heavy atom. The van der Waals surface area contributed by atoms with Crippen LogP contribution < -0.4 is 10.5 Å². The van der Waals surface area contributed by atoms with Gasteiger partial charge in [0, 0.05) is 6.07 Å². The highest BCUT2D eigenvalue weighted by Gasteiger charge is 2.15. The average Bonchev–Trinajstić information content (AvgIpc) is 2.18. The lowest BCUT2D eigenvalue weighted by Crippen LogP contribution is -2.10. The average molecular weight is 235 g/mol. The van der Waals surface area contributed by atoms with Crippen molar-refractivity contribution in [3.63, 3.8) is 0 Å². The van der Waals surface area contributed by atoms with Crippen LogP contribution in [-0.4, -0.2) is 24.1 Å². The fourth-order valence-electron chi connectivity index (χ4n) is 1.01. The van der Waals surface area contributed by atoms with Crippen molar-refractivity contribution in [3.05, 3.63) is 23.5 Å². The summed E-state index contributed by atoms with van der Waals surface area (Å²) in [6, 6.07) is 1.49. The van der Waals surface area contributed by atoms with Gasteiger partial charge in [0.1, 0.15) is 18.2 Å². The van der Waals surface area contributed by atoms with Crippen LogP contribution in [0.4, 0.5) is 18.9 Å². The first-order chi connectivity index (χ1) is 7.41. The summed E-state index contributed by atoms with van der Waals surface area (Å²) in [4.78, 5) is 10.5. The zero-order chi connectivity index (χ0) is 12.3. The summed E-state index contributed by atoms with van der Waals surface area (Å²) in [5.74, 6) is -2.89. The van der Waals surface area contributed by atoms with Gasteiger partial charge in [0.2, 0.25) is 0 Å². The van der Waals surface area contributed by atoms with Crippen LogP contribution in [0, 0.1) is 5.82 Å². The second-order valence-electron chi connectivity index (χ2n) is 2.88. The van der Waals surface area contributed by atoms with E-state index in [0.717, 1.165) is 6.07 Å². The van der Waals surface area contributed by atoms with E-state index in [4.69, 9.17) is 10.8 Å². The molecule has 1 aromatic rings. The highest BCUT2D eigenvalue weighted by atomic mass is 19.3. The Kier molecular flexibility index (Phi) is 3.60. The quantitative estimate of drug-likeness (QED) is 0.780. The van der Waals surface area contributed by atoms with E-state index in [1.807, 2.05) is 0 Å². The molecular formula is C9H8F3NO3. The van der Waals surface area contributed by atoms with Gasteiger partial charge in [-0.3, -0.25) is 0 Å². The molecule has 3 N–H and O–H groups in total. The number of aromatic carboxylic acids is 1. The number of hydrogen-bond acceptors (Lipinski definition) is 3. The van der Waals surface area contributed by atoms with Crippen molar-refractivity contribution >= 4 is 11.7 Å². The number of nitrogens with two attached hydrogens (primary N) is 1. The number of alkyl halides is 2. The third-order valence-corrected chi connectivity index (χ3v) is 1.69. The van der Waals surface area contributed by atoms with Gasteiger partial charge in [0.05, 0.1) is 11.3 Å². The molecule has 0 saturated carbocycles. The van der Waals surface area contributed by atoms with Crippen molar-refractivity contribution in [2.45, 2.75) is 6.43 Å². The summed E-state index contributed by atoms with van der Waals surface area (Å²) in [7, 11) is 0. The maximum Gasteiger partial charge on any atom is 0.338 e. The van der Waals surface area contributed by atoms with Crippen molar-refractivity contribution in [2.75, 3.05) is 12.3 Å². The molecule has 4 nitrogen and oxygen atoms in total. The molecule has 88 valence electrons. The highest BCUT2D eigenvalue weighted by Crippen LogP contribution is 2.25. The smallest absolute Gasteiger partial charge is 0.338 e. The first-order valence-electron chi connectivity index (χ1n) is 4.15. The van der Waals surface area contributed by atoms with Crippen LogP contribution in [0.1, 0.15) is 10.4 Å². The second-order valence-corrected chi connectivity index (χ2v) is 2.88. The second kappa shape index (κ2) is 4.73. The van der Waals surface area contributed by atoms with Gasteiger partial charge in [0.25, 0.3) is 6.43 Å². The Labute approximate surface area is 88.4 Å². The third-order valence-electron chi connectivity index (χ3n) is 1.69. The van der Waals surface area contributed by atoms with Gasteiger partial charge in [-0.15, -0.1) is 0 Å². The monoisotopic (exact) mass is 235 g/mol. The molecule has 16 heavy (non-hydrogen) atoms. The van der Waals surface area contributed by atoms with E-state index in [1.165, 1.54) is 0 Å². The summed E-state index contributed by atoms with van der Waals surface area (Å²) < 4.78 is 41.2. The van der Waals surface area contributed by atoms with Crippen LogP contribution >= 0.6 is 0 Å². The van der Waals surface area contributed by atoms with Crippen LogP contribution in [0.5, 0.6) is 5.75 Å². The molecular weight excluding hydrogens is 227 g/mol. The molecule has 0 radical (unpaired) electrons. The van der Waals surface area contributed by atoms with Crippen molar-refractivity contribution < 1.29 is 27.8 Å². The minimum absolute atomic E-state index is 0.209.